The molecule has 1 saturated heterocycles. The van der Waals surface area contributed by atoms with Crippen LogP contribution in [0.5, 0.6) is 0 Å². The normalized spacial score (nSPS) is 15.9. The summed E-state index contributed by atoms with van der Waals surface area (Å²) >= 11 is 9.14. The molecular formula is C9H7BrClNO2. The van der Waals surface area contributed by atoms with Gasteiger partial charge in [-0.25, -0.2) is 4.79 Å². The van der Waals surface area contributed by atoms with E-state index in [4.69, 9.17) is 16.3 Å². The average molecular weight is 277 g/mol. The molecule has 1 aliphatic heterocycles. The second-order valence-electron chi connectivity index (χ2n) is 2.86. The molecule has 0 saturated carbocycles. The number of carbonyl (C=O) groups is 1. The minimum absolute atomic E-state index is 0.306. The molecule has 0 N–H and O–H groups in total. The lowest BCUT2D eigenvalue weighted by Gasteiger charge is -2.12. The van der Waals surface area contributed by atoms with Crippen molar-refractivity contribution in [2.75, 3.05) is 18.1 Å². The van der Waals surface area contributed by atoms with E-state index in [1.165, 1.54) is 0 Å². The molecule has 2 rings (SSSR count). The highest BCUT2D eigenvalue weighted by Crippen LogP contribution is 2.28. The molecule has 74 valence electrons. The largest absolute Gasteiger partial charge is 0.447 e. The van der Waals surface area contributed by atoms with Gasteiger partial charge in [0.15, 0.2) is 0 Å². The summed E-state index contributed by atoms with van der Waals surface area (Å²) in [7, 11) is 0. The number of halogens is 2. The standard InChI is InChI=1S/C9H7BrClNO2/c10-7-5-6(1-2-8(7)11)12-3-4-14-9(12)13/h1-2,5H,3-4H2. The lowest BCUT2D eigenvalue weighted by atomic mass is 10.3. The van der Waals surface area contributed by atoms with Crippen molar-refractivity contribution in [1.29, 1.82) is 0 Å². The van der Waals surface area contributed by atoms with Crippen molar-refractivity contribution in [2.24, 2.45) is 0 Å². The molecule has 0 atom stereocenters. The summed E-state index contributed by atoms with van der Waals surface area (Å²) in [5.41, 5.74) is 0.795. The molecule has 0 radical (unpaired) electrons. The van der Waals surface area contributed by atoms with Crippen molar-refractivity contribution in [2.45, 2.75) is 0 Å². The topological polar surface area (TPSA) is 29.5 Å². The van der Waals surface area contributed by atoms with Gasteiger partial charge in [0.25, 0.3) is 0 Å². The molecule has 0 spiro atoms. The van der Waals surface area contributed by atoms with E-state index in [2.05, 4.69) is 15.9 Å². The molecule has 0 bridgehead atoms. The minimum Gasteiger partial charge on any atom is -0.447 e. The fourth-order valence-corrected chi connectivity index (χ4v) is 1.77. The van der Waals surface area contributed by atoms with Crippen LogP contribution in [-0.2, 0) is 4.74 Å². The Morgan fingerprint density at radius 2 is 2.29 bits per heavy atom. The van der Waals surface area contributed by atoms with Crippen molar-refractivity contribution in [3.63, 3.8) is 0 Å². The van der Waals surface area contributed by atoms with E-state index in [0.717, 1.165) is 10.2 Å². The van der Waals surface area contributed by atoms with Gasteiger partial charge in [-0.05, 0) is 34.1 Å². The van der Waals surface area contributed by atoms with Gasteiger partial charge in [-0.15, -0.1) is 0 Å². The molecule has 1 aromatic carbocycles. The van der Waals surface area contributed by atoms with Crippen LogP contribution in [0.1, 0.15) is 0 Å². The smallest absolute Gasteiger partial charge is 0.414 e. The van der Waals surface area contributed by atoms with Crippen molar-refractivity contribution in [3.8, 4) is 0 Å². The summed E-state index contributed by atoms with van der Waals surface area (Å²) in [4.78, 5) is 12.8. The SMILES string of the molecule is O=C1OCCN1c1ccc(Cl)c(Br)c1. The van der Waals surface area contributed by atoms with E-state index < -0.39 is 0 Å². The quantitative estimate of drug-likeness (QED) is 0.789. The lowest BCUT2D eigenvalue weighted by Crippen LogP contribution is -2.23. The van der Waals surface area contributed by atoms with Crippen LogP contribution < -0.4 is 4.90 Å². The van der Waals surface area contributed by atoms with E-state index in [1.54, 1.807) is 23.1 Å². The summed E-state index contributed by atoms with van der Waals surface area (Å²) in [6, 6.07) is 5.33. The van der Waals surface area contributed by atoms with E-state index in [9.17, 15) is 4.79 Å². The Hall–Kier alpha value is -0.740. The molecule has 1 heterocycles. The number of amides is 1. The Balaban J connectivity index is 2.32. The van der Waals surface area contributed by atoms with Crippen LogP contribution in [0, 0.1) is 0 Å². The Bertz CT molecular complexity index is 383. The van der Waals surface area contributed by atoms with Gasteiger partial charge in [-0.2, -0.15) is 0 Å². The van der Waals surface area contributed by atoms with Crippen LogP contribution in [0.25, 0.3) is 0 Å². The van der Waals surface area contributed by atoms with Crippen LogP contribution in [-0.4, -0.2) is 19.2 Å². The van der Waals surface area contributed by atoms with Gasteiger partial charge in [-0.3, -0.25) is 4.90 Å². The van der Waals surface area contributed by atoms with Crippen LogP contribution in [0.15, 0.2) is 22.7 Å². The maximum absolute atomic E-state index is 11.2. The molecule has 1 amide bonds. The van der Waals surface area contributed by atoms with Crippen LogP contribution in [0.4, 0.5) is 10.5 Å². The number of rotatable bonds is 1. The van der Waals surface area contributed by atoms with Crippen LogP contribution in [0.2, 0.25) is 5.02 Å². The number of cyclic esters (lactones) is 1. The zero-order chi connectivity index (χ0) is 10.1. The highest BCUT2D eigenvalue weighted by atomic mass is 79.9. The zero-order valence-electron chi connectivity index (χ0n) is 7.17. The summed E-state index contributed by atoms with van der Waals surface area (Å²) in [5.74, 6) is 0. The van der Waals surface area contributed by atoms with E-state index >= 15 is 0 Å². The molecule has 1 aromatic rings. The van der Waals surface area contributed by atoms with Gasteiger partial charge >= 0.3 is 6.09 Å². The highest BCUT2D eigenvalue weighted by Gasteiger charge is 2.23. The van der Waals surface area contributed by atoms with E-state index in [0.29, 0.717) is 18.2 Å². The van der Waals surface area contributed by atoms with Crippen LogP contribution >= 0.6 is 27.5 Å². The summed E-state index contributed by atoms with van der Waals surface area (Å²) in [6.07, 6.45) is -0.306. The average Bonchev–Trinajstić information content (AvgIpc) is 2.57. The predicted octanol–water partition coefficient (Wildman–Crippen LogP) is 3.06. The molecule has 14 heavy (non-hydrogen) atoms. The summed E-state index contributed by atoms with van der Waals surface area (Å²) in [6.45, 7) is 1.03. The third-order valence-electron chi connectivity index (χ3n) is 1.98. The first-order valence-electron chi connectivity index (χ1n) is 4.08. The van der Waals surface area contributed by atoms with Gasteiger partial charge in [0, 0.05) is 10.2 Å². The van der Waals surface area contributed by atoms with Gasteiger partial charge in [0.05, 0.1) is 11.6 Å². The second-order valence-corrected chi connectivity index (χ2v) is 4.13. The number of benzene rings is 1. The van der Waals surface area contributed by atoms with Gasteiger partial charge in [0.1, 0.15) is 6.61 Å². The molecule has 0 unspecified atom stereocenters. The fourth-order valence-electron chi connectivity index (χ4n) is 1.28. The molecule has 1 fully saturated rings. The molecular weight excluding hydrogens is 269 g/mol. The van der Waals surface area contributed by atoms with Gasteiger partial charge in [-0.1, -0.05) is 11.6 Å². The van der Waals surface area contributed by atoms with Gasteiger partial charge in [0.2, 0.25) is 0 Å². The fraction of sp³-hybridized carbons (Fsp3) is 0.222. The maximum atomic E-state index is 11.2. The number of hydrogen-bond acceptors (Lipinski definition) is 2. The van der Waals surface area contributed by atoms with E-state index in [1.807, 2.05) is 0 Å². The number of hydrogen-bond donors (Lipinski definition) is 0. The zero-order valence-corrected chi connectivity index (χ0v) is 9.51. The highest BCUT2D eigenvalue weighted by molar-refractivity contribution is 9.10. The Labute approximate surface area is 94.7 Å². The van der Waals surface area contributed by atoms with Crippen molar-refractivity contribution < 1.29 is 9.53 Å². The Morgan fingerprint density at radius 1 is 1.50 bits per heavy atom. The predicted molar refractivity (Wildman–Crippen MR) is 57.8 cm³/mol. The lowest BCUT2D eigenvalue weighted by molar-refractivity contribution is 0.181. The minimum atomic E-state index is -0.306. The third kappa shape index (κ3) is 1.72. The first kappa shape index (κ1) is 9.80. The molecule has 0 aliphatic carbocycles. The van der Waals surface area contributed by atoms with Crippen molar-refractivity contribution >= 4 is 39.3 Å². The number of carbonyl (C=O) groups excluding carboxylic acids is 1. The van der Waals surface area contributed by atoms with E-state index in [-0.39, 0.29) is 6.09 Å². The van der Waals surface area contributed by atoms with Gasteiger partial charge < -0.3 is 4.74 Å². The number of anilines is 1. The summed E-state index contributed by atoms with van der Waals surface area (Å²) < 4.78 is 5.60. The maximum Gasteiger partial charge on any atom is 0.414 e. The molecule has 0 aromatic heterocycles. The summed E-state index contributed by atoms with van der Waals surface area (Å²) in [5, 5.41) is 0.626. The molecule has 5 heteroatoms. The van der Waals surface area contributed by atoms with Crippen molar-refractivity contribution in [3.05, 3.63) is 27.7 Å². The first-order chi connectivity index (χ1) is 6.68. The number of ether oxygens (including phenoxy) is 1. The molecule has 3 nitrogen and oxygen atoms in total. The third-order valence-corrected chi connectivity index (χ3v) is 3.19. The Morgan fingerprint density at radius 3 is 2.86 bits per heavy atom. The Kier molecular flexibility index (Phi) is 2.65. The van der Waals surface area contributed by atoms with Crippen molar-refractivity contribution in [1.82, 2.24) is 0 Å². The number of nitrogens with zero attached hydrogens (tertiary/aromatic N) is 1. The van der Waals surface area contributed by atoms with Crippen LogP contribution in [0.3, 0.4) is 0 Å². The second kappa shape index (κ2) is 3.79. The molecule has 1 aliphatic rings. The monoisotopic (exact) mass is 275 g/mol. The first-order valence-corrected chi connectivity index (χ1v) is 5.25.